The fourth-order valence-electron chi connectivity index (χ4n) is 12.9. The molecule has 88 heavy (non-hydrogen) atoms. The number of ketones is 1. The predicted molar refractivity (Wildman–Crippen MR) is 355 cm³/mol. The topological polar surface area (TPSA) is 158 Å². The zero-order chi connectivity index (χ0) is 62.2. The zero-order valence-corrected chi connectivity index (χ0v) is 52.8. The molecule has 2 aliphatic rings. The van der Waals surface area contributed by atoms with Crippen LogP contribution in [0.5, 0.6) is 0 Å². The molecule has 456 valence electrons. The summed E-state index contributed by atoms with van der Waals surface area (Å²) in [5, 5.41) is 48.3. The Hall–Kier alpha value is -7.53. The number of amides is 1. The van der Waals surface area contributed by atoms with Gasteiger partial charge >= 0.3 is 14.2 Å². The first-order valence-corrected chi connectivity index (χ1v) is 30.0. The Labute approximate surface area is 525 Å². The summed E-state index contributed by atoms with van der Waals surface area (Å²) in [6, 6.07) is 45.4. The lowest BCUT2D eigenvalue weighted by molar-refractivity contribution is -0.401. The van der Waals surface area contributed by atoms with Crippen LogP contribution in [0.15, 0.2) is 194 Å². The summed E-state index contributed by atoms with van der Waals surface area (Å²) in [7, 11) is 1.18. The molecule has 0 saturated heterocycles. The maximum Gasteiger partial charge on any atom is 0.522 e. The maximum atomic E-state index is 12.8. The molecule has 7 aromatic carbocycles. The van der Waals surface area contributed by atoms with Crippen molar-refractivity contribution in [3.8, 4) is 11.1 Å². The molecule has 0 unspecified atom stereocenters. The van der Waals surface area contributed by atoms with Crippen LogP contribution < -0.4 is 33.5 Å². The van der Waals surface area contributed by atoms with E-state index in [4.69, 9.17) is 0 Å². The SMILES string of the molecule is C=C(C)C(=O)CCCCN(Cc1ccccc1B(O)OO)Cc1c2ccccc2c(CN(CCCNC(=O)C(=C)C)Cc2ccccc2B(O)OO)c2ccc(-c3ccc4c(c3)C(C)(C)/C(=C/C=C/C=C/C3=[N+](C)c5ccccc5C3(C)C)N4C)cc12.[Cl-]. The van der Waals surface area contributed by atoms with Gasteiger partial charge in [-0.15, -0.1) is 0 Å². The molecule has 7 aromatic rings. The highest BCUT2D eigenvalue weighted by Crippen LogP contribution is 2.49. The minimum Gasteiger partial charge on any atom is -1.00 e. The number of halogens is 1. The zero-order valence-electron chi connectivity index (χ0n) is 52.0. The van der Waals surface area contributed by atoms with Crippen LogP contribution in [0.1, 0.15) is 101 Å². The number of benzene rings is 7. The van der Waals surface area contributed by atoms with Crippen molar-refractivity contribution >= 4 is 75.5 Å². The molecule has 0 aliphatic carbocycles. The monoisotopic (exact) mass is 1200 g/mol. The predicted octanol–water partition coefficient (Wildman–Crippen LogP) is 8.85. The van der Waals surface area contributed by atoms with Gasteiger partial charge in [-0.2, -0.15) is 4.58 Å². The Morgan fingerprint density at radius 3 is 1.78 bits per heavy atom. The highest BCUT2D eigenvalue weighted by Gasteiger charge is 2.43. The smallest absolute Gasteiger partial charge is 0.522 e. The van der Waals surface area contributed by atoms with E-state index < -0.39 is 14.2 Å². The van der Waals surface area contributed by atoms with Gasteiger partial charge in [0, 0.05) is 92.8 Å². The van der Waals surface area contributed by atoms with Gasteiger partial charge in [-0.1, -0.05) is 154 Å². The number of hydrogen-bond donors (Lipinski definition) is 5. The highest BCUT2D eigenvalue weighted by atomic mass is 35.5. The molecule has 13 nitrogen and oxygen atoms in total. The van der Waals surface area contributed by atoms with Gasteiger partial charge in [0.25, 0.3) is 0 Å². The van der Waals surface area contributed by atoms with Crippen molar-refractivity contribution in [2.75, 3.05) is 38.6 Å². The van der Waals surface area contributed by atoms with Crippen molar-refractivity contribution in [1.82, 2.24) is 15.1 Å². The number of hydrogen-bond acceptors (Lipinski definition) is 11. The molecule has 0 bridgehead atoms. The van der Waals surface area contributed by atoms with Gasteiger partial charge in [-0.25, -0.2) is 0 Å². The molecule has 9 rings (SSSR count). The van der Waals surface area contributed by atoms with E-state index in [9.17, 15) is 30.2 Å². The first kappa shape index (κ1) is 66.4. The minimum absolute atomic E-state index is 0. The summed E-state index contributed by atoms with van der Waals surface area (Å²) >= 11 is 0. The summed E-state index contributed by atoms with van der Waals surface area (Å²) < 4.78 is 2.29. The maximum absolute atomic E-state index is 12.8. The number of allylic oxidation sites excluding steroid dienone is 7. The lowest BCUT2D eigenvalue weighted by Gasteiger charge is -2.29. The molecule has 0 fully saturated rings. The second-order valence-electron chi connectivity index (χ2n) is 24.3. The number of nitrogens with one attached hydrogen (secondary N) is 1. The van der Waals surface area contributed by atoms with Crippen LogP contribution in [0.25, 0.3) is 32.7 Å². The first-order chi connectivity index (χ1) is 41.7. The Balaban J connectivity index is 0.0000100. The van der Waals surface area contributed by atoms with E-state index in [1.54, 1.807) is 38.1 Å². The Bertz CT molecular complexity index is 3870. The van der Waals surface area contributed by atoms with Crippen LogP contribution in [0.2, 0.25) is 0 Å². The lowest BCUT2D eigenvalue weighted by Crippen LogP contribution is -3.00. The van der Waals surface area contributed by atoms with Gasteiger partial charge in [-0.3, -0.25) is 39.5 Å². The molecule has 5 N–H and O–H groups in total. The van der Waals surface area contributed by atoms with E-state index in [1.165, 1.54) is 28.2 Å². The van der Waals surface area contributed by atoms with Crippen LogP contribution in [0.4, 0.5) is 11.4 Å². The van der Waals surface area contributed by atoms with Crippen LogP contribution in [-0.2, 0) is 56.2 Å². The third-order valence-corrected chi connectivity index (χ3v) is 17.6. The van der Waals surface area contributed by atoms with E-state index >= 15 is 0 Å². The third kappa shape index (κ3) is 14.5. The van der Waals surface area contributed by atoms with Gasteiger partial charge in [0.05, 0.1) is 5.41 Å². The molecule has 0 saturated carbocycles. The largest absolute Gasteiger partial charge is 1.00 e. The minimum atomic E-state index is -1.55. The molecule has 0 atom stereocenters. The quantitative estimate of drug-likeness (QED) is 0.00490. The van der Waals surface area contributed by atoms with Crippen LogP contribution in [0.3, 0.4) is 0 Å². The number of carbonyl (C=O) groups is 2. The second kappa shape index (κ2) is 29.2. The number of rotatable bonds is 27. The van der Waals surface area contributed by atoms with Gasteiger partial charge in [-0.05, 0) is 155 Å². The molecule has 2 heterocycles. The molecule has 1 amide bonds. The number of likely N-dealkylation sites (N-methyl/N-ethyl adjacent to an activating group) is 1. The van der Waals surface area contributed by atoms with Gasteiger partial charge in [0.15, 0.2) is 11.5 Å². The van der Waals surface area contributed by atoms with Gasteiger partial charge in [0.2, 0.25) is 11.6 Å². The van der Waals surface area contributed by atoms with Crippen molar-refractivity contribution in [2.24, 2.45) is 0 Å². The number of anilines is 1. The van der Waals surface area contributed by atoms with E-state index in [-0.39, 0.29) is 34.9 Å². The number of nitrogens with zero attached hydrogens (tertiary/aromatic N) is 4. The van der Waals surface area contributed by atoms with Gasteiger partial charge in [0.1, 0.15) is 7.05 Å². The van der Waals surface area contributed by atoms with E-state index in [0.717, 1.165) is 60.6 Å². The van der Waals surface area contributed by atoms with Crippen LogP contribution in [-0.4, -0.2) is 100 Å². The first-order valence-electron chi connectivity index (χ1n) is 30.0. The standard InChI is InChI=1S/C72H81B2N5O8.ClH/c1-49(2)67(80)33-22-23-41-78(45-53-25-14-19-30-63(53)73(82)86-84)48-60-56-28-17-16-27-55(56)59(47-79(42-24-40-75-70(81)50(3)4)46-54-26-15-20-31-64(54)74(83)87-85)57-38-36-51(43-58(57)60)52-37-39-66-62(44-52)72(7,8)69(77(66)10)35-13-11-12-34-68-71(5,6)61-29-18-21-32-65(61)76(68)9;/h11-21,25-32,34-39,43-44,82-83H,1,3,22-24,33,40-42,45-48H2,2,4-10H3,(H2-,75,81,84,85);1H. The number of para-hydroxylation sites is 1. The number of fused-ring (bicyclic) bond motifs is 4. The van der Waals surface area contributed by atoms with E-state index in [1.807, 2.05) is 24.3 Å². The Morgan fingerprint density at radius 1 is 0.636 bits per heavy atom. The normalized spacial score (nSPS) is 14.6. The molecule has 0 spiro atoms. The fourth-order valence-corrected chi connectivity index (χ4v) is 12.9. The van der Waals surface area contributed by atoms with Gasteiger partial charge < -0.3 is 32.7 Å². The molecule has 0 aromatic heterocycles. The summed E-state index contributed by atoms with van der Waals surface area (Å²) in [4.78, 5) is 41.3. The Morgan fingerprint density at radius 2 is 1.18 bits per heavy atom. The summed E-state index contributed by atoms with van der Waals surface area (Å²) in [5.41, 5.74) is 14.6. The van der Waals surface area contributed by atoms with Crippen molar-refractivity contribution in [1.29, 1.82) is 0 Å². The average Bonchev–Trinajstić information content (AvgIpc) is 1.28. The van der Waals surface area contributed by atoms with Crippen molar-refractivity contribution in [3.63, 3.8) is 0 Å². The number of unbranched alkanes of at least 4 members (excludes halogenated alkanes) is 1. The molecule has 2 aliphatic heterocycles. The van der Waals surface area contributed by atoms with Crippen molar-refractivity contribution < 1.29 is 56.7 Å². The summed E-state index contributed by atoms with van der Waals surface area (Å²) in [6.45, 7) is 23.6. The molecular formula is C72H82B2ClN5O8. The van der Waals surface area contributed by atoms with E-state index in [0.29, 0.717) is 93.6 Å². The fraction of sp³-hybridized carbons (Fsp3) is 0.292. The third-order valence-electron chi connectivity index (χ3n) is 17.6. The highest BCUT2D eigenvalue weighted by molar-refractivity contribution is 6.60. The van der Waals surface area contributed by atoms with Crippen molar-refractivity contribution in [3.05, 3.63) is 227 Å². The number of Topliss-reactive ketones (excluding diaryl/α,β-unsaturated/α-hetero) is 1. The van der Waals surface area contributed by atoms with E-state index in [2.05, 4.69) is 204 Å². The molecular weight excluding hydrogens is 1120 g/mol. The lowest BCUT2D eigenvalue weighted by atomic mass is 9.76. The summed E-state index contributed by atoms with van der Waals surface area (Å²) in [6.07, 6.45) is 13.2. The molecule has 0 radical (unpaired) electrons. The average molecular weight is 1200 g/mol. The van der Waals surface area contributed by atoms with Crippen LogP contribution >= 0.6 is 0 Å². The molecule has 16 heteroatoms. The summed E-state index contributed by atoms with van der Waals surface area (Å²) in [5.74, 6) is -0.163. The van der Waals surface area contributed by atoms with Crippen molar-refractivity contribution in [2.45, 2.75) is 104 Å². The second-order valence-corrected chi connectivity index (χ2v) is 24.3. The number of carbonyl (C=O) groups excluding carboxylic acids is 2. The van der Waals surface area contributed by atoms with Crippen LogP contribution in [0, 0.1) is 0 Å². The Kier molecular flexibility index (Phi) is 22.0.